The zero-order valence-electron chi connectivity index (χ0n) is 12.5. The smallest absolute Gasteiger partial charge is 0.305 e. The van der Waals surface area contributed by atoms with Gasteiger partial charge in [0.1, 0.15) is 6.04 Å². The van der Waals surface area contributed by atoms with Crippen molar-refractivity contribution in [2.45, 2.75) is 38.8 Å². The summed E-state index contributed by atoms with van der Waals surface area (Å²) in [4.78, 5) is 25.1. The van der Waals surface area contributed by atoms with Crippen molar-refractivity contribution in [3.05, 3.63) is 35.4 Å². The summed E-state index contributed by atoms with van der Waals surface area (Å²) < 4.78 is 0. The molecule has 2 atom stereocenters. The van der Waals surface area contributed by atoms with Crippen molar-refractivity contribution in [3.8, 4) is 0 Å². The van der Waals surface area contributed by atoms with Gasteiger partial charge in [0.2, 0.25) is 5.91 Å². The minimum Gasteiger partial charge on any atom is -0.481 e. The molecule has 1 fully saturated rings. The van der Waals surface area contributed by atoms with Gasteiger partial charge in [-0.05, 0) is 18.9 Å². The molecule has 5 nitrogen and oxygen atoms in total. The molecule has 21 heavy (non-hydrogen) atoms. The first-order valence-corrected chi connectivity index (χ1v) is 7.34. The topological polar surface area (TPSA) is 69.6 Å². The third-order valence-corrected chi connectivity index (χ3v) is 3.99. The lowest BCUT2D eigenvalue weighted by Gasteiger charge is -2.40. The van der Waals surface area contributed by atoms with Crippen LogP contribution in [-0.4, -0.2) is 41.0 Å². The normalized spacial score (nSPS) is 20.9. The minimum atomic E-state index is -0.944. The third-order valence-electron chi connectivity index (χ3n) is 3.99. The van der Waals surface area contributed by atoms with E-state index in [-0.39, 0.29) is 18.4 Å². The molecule has 1 aromatic rings. The van der Waals surface area contributed by atoms with Crippen LogP contribution >= 0.6 is 0 Å². The summed E-state index contributed by atoms with van der Waals surface area (Å²) in [7, 11) is 0. The van der Waals surface area contributed by atoms with E-state index >= 15 is 0 Å². The van der Waals surface area contributed by atoms with Crippen LogP contribution in [0.15, 0.2) is 24.3 Å². The molecule has 1 aromatic carbocycles. The number of carbonyl (C=O) groups is 2. The number of nitrogens with one attached hydrogen (secondary N) is 1. The van der Waals surface area contributed by atoms with Gasteiger partial charge in [0.05, 0.1) is 6.42 Å². The number of nitrogens with zero attached hydrogens (tertiary/aromatic N) is 1. The molecular weight excluding hydrogens is 268 g/mol. The first kappa shape index (κ1) is 15.5. The molecule has 2 N–H and O–H groups in total. The number of hydrogen-bond donors (Lipinski definition) is 2. The molecule has 0 radical (unpaired) electrons. The standard InChI is InChI=1S/C16H22N2O3/c1-3-13(12-6-4-11(2)5-7-12)18-9-8-17-16(21)14(18)10-15(19)20/h4-7,13-14H,3,8-10H2,1-2H3,(H,17,21)(H,19,20). The number of piperazine rings is 1. The number of carbonyl (C=O) groups excluding carboxylic acids is 1. The fourth-order valence-electron chi connectivity index (χ4n) is 2.93. The van der Waals surface area contributed by atoms with Crippen molar-refractivity contribution in [1.29, 1.82) is 0 Å². The summed E-state index contributed by atoms with van der Waals surface area (Å²) in [5.41, 5.74) is 2.32. The van der Waals surface area contributed by atoms with E-state index in [1.165, 1.54) is 5.56 Å². The molecule has 0 aromatic heterocycles. The van der Waals surface area contributed by atoms with Crippen LogP contribution in [0.5, 0.6) is 0 Å². The van der Waals surface area contributed by atoms with Gasteiger partial charge >= 0.3 is 5.97 Å². The Labute approximate surface area is 125 Å². The number of carboxylic acid groups (broad SMARTS) is 1. The van der Waals surface area contributed by atoms with Crippen LogP contribution in [0.25, 0.3) is 0 Å². The van der Waals surface area contributed by atoms with Crippen LogP contribution in [0.3, 0.4) is 0 Å². The number of amides is 1. The summed E-state index contributed by atoms with van der Waals surface area (Å²) in [6.45, 7) is 5.34. The van der Waals surface area contributed by atoms with Crippen molar-refractivity contribution in [3.63, 3.8) is 0 Å². The van der Waals surface area contributed by atoms with Crippen molar-refractivity contribution < 1.29 is 14.7 Å². The van der Waals surface area contributed by atoms with Gasteiger partial charge in [0.15, 0.2) is 0 Å². The highest BCUT2D eigenvalue weighted by Crippen LogP contribution is 2.28. The van der Waals surface area contributed by atoms with Crippen molar-refractivity contribution in [1.82, 2.24) is 10.2 Å². The van der Waals surface area contributed by atoms with E-state index in [9.17, 15) is 9.59 Å². The molecule has 2 unspecified atom stereocenters. The number of carboxylic acids is 1. The highest BCUT2D eigenvalue weighted by Gasteiger charge is 2.35. The van der Waals surface area contributed by atoms with Crippen molar-refractivity contribution in [2.75, 3.05) is 13.1 Å². The van der Waals surface area contributed by atoms with E-state index in [0.29, 0.717) is 13.1 Å². The summed E-state index contributed by atoms with van der Waals surface area (Å²) in [5, 5.41) is 11.8. The number of aliphatic carboxylic acids is 1. The molecule has 2 rings (SSSR count). The molecule has 1 amide bonds. The molecule has 1 aliphatic heterocycles. The Hall–Kier alpha value is -1.88. The maximum atomic E-state index is 12.0. The molecule has 0 spiro atoms. The first-order valence-electron chi connectivity index (χ1n) is 7.34. The maximum absolute atomic E-state index is 12.0. The van der Waals surface area contributed by atoms with Crippen LogP contribution in [0, 0.1) is 6.92 Å². The Bertz CT molecular complexity index is 513. The molecule has 0 saturated carbocycles. The first-order chi connectivity index (χ1) is 10.0. The Morgan fingerprint density at radius 2 is 2.10 bits per heavy atom. The van der Waals surface area contributed by atoms with E-state index in [1.54, 1.807) is 0 Å². The second-order valence-electron chi connectivity index (χ2n) is 5.48. The van der Waals surface area contributed by atoms with Gasteiger partial charge in [-0.25, -0.2) is 0 Å². The van der Waals surface area contributed by atoms with Gasteiger partial charge < -0.3 is 10.4 Å². The largest absolute Gasteiger partial charge is 0.481 e. The second-order valence-corrected chi connectivity index (χ2v) is 5.48. The number of aryl methyl sites for hydroxylation is 1. The monoisotopic (exact) mass is 290 g/mol. The minimum absolute atomic E-state index is 0.0704. The predicted octanol–water partition coefficient (Wildman–Crippen LogP) is 1.72. The number of hydrogen-bond acceptors (Lipinski definition) is 3. The van der Waals surface area contributed by atoms with Crippen LogP contribution < -0.4 is 5.32 Å². The Balaban J connectivity index is 2.27. The maximum Gasteiger partial charge on any atom is 0.305 e. The van der Waals surface area contributed by atoms with Gasteiger partial charge in [-0.1, -0.05) is 36.8 Å². The fraction of sp³-hybridized carbons (Fsp3) is 0.500. The van der Waals surface area contributed by atoms with Crippen LogP contribution in [0.4, 0.5) is 0 Å². The van der Waals surface area contributed by atoms with E-state index in [0.717, 1.165) is 12.0 Å². The molecule has 5 heteroatoms. The Morgan fingerprint density at radius 3 is 2.67 bits per heavy atom. The lowest BCUT2D eigenvalue weighted by atomic mass is 9.97. The summed E-state index contributed by atoms with van der Waals surface area (Å²) >= 11 is 0. The quantitative estimate of drug-likeness (QED) is 0.866. The van der Waals surface area contributed by atoms with Crippen LogP contribution in [0.1, 0.15) is 36.9 Å². The molecule has 1 saturated heterocycles. The highest BCUT2D eigenvalue weighted by molar-refractivity contribution is 5.86. The van der Waals surface area contributed by atoms with E-state index in [2.05, 4.69) is 24.4 Å². The molecule has 114 valence electrons. The lowest BCUT2D eigenvalue weighted by Crippen LogP contribution is -2.56. The molecule has 1 aliphatic rings. The lowest BCUT2D eigenvalue weighted by molar-refractivity contribution is -0.144. The van der Waals surface area contributed by atoms with Gasteiger partial charge in [0, 0.05) is 19.1 Å². The summed E-state index contributed by atoms with van der Waals surface area (Å²) in [5.74, 6) is -1.13. The van der Waals surface area contributed by atoms with Crippen LogP contribution in [-0.2, 0) is 9.59 Å². The number of rotatable bonds is 5. The highest BCUT2D eigenvalue weighted by atomic mass is 16.4. The number of benzene rings is 1. The molecule has 0 aliphatic carbocycles. The van der Waals surface area contributed by atoms with Crippen molar-refractivity contribution >= 4 is 11.9 Å². The Morgan fingerprint density at radius 1 is 1.43 bits per heavy atom. The van der Waals surface area contributed by atoms with E-state index in [4.69, 9.17) is 5.11 Å². The summed E-state index contributed by atoms with van der Waals surface area (Å²) in [6.07, 6.45) is 0.681. The molecule has 0 bridgehead atoms. The SMILES string of the molecule is CCC(c1ccc(C)cc1)N1CCNC(=O)C1CC(=O)O. The van der Waals surface area contributed by atoms with Gasteiger partial charge in [-0.2, -0.15) is 0 Å². The summed E-state index contributed by atoms with van der Waals surface area (Å²) in [6, 6.07) is 7.70. The zero-order chi connectivity index (χ0) is 15.4. The van der Waals surface area contributed by atoms with E-state index in [1.807, 2.05) is 24.0 Å². The predicted molar refractivity (Wildman–Crippen MR) is 80.0 cm³/mol. The van der Waals surface area contributed by atoms with E-state index < -0.39 is 12.0 Å². The van der Waals surface area contributed by atoms with Crippen LogP contribution in [0.2, 0.25) is 0 Å². The van der Waals surface area contributed by atoms with Gasteiger partial charge in [-0.3, -0.25) is 14.5 Å². The second kappa shape index (κ2) is 6.72. The van der Waals surface area contributed by atoms with Gasteiger partial charge in [0.25, 0.3) is 0 Å². The third kappa shape index (κ3) is 3.61. The zero-order valence-corrected chi connectivity index (χ0v) is 12.5. The molecule has 1 heterocycles. The van der Waals surface area contributed by atoms with Gasteiger partial charge in [-0.15, -0.1) is 0 Å². The molecular formula is C16H22N2O3. The average Bonchev–Trinajstić information content (AvgIpc) is 2.45. The Kier molecular flexibility index (Phi) is 4.96. The van der Waals surface area contributed by atoms with Crippen molar-refractivity contribution in [2.24, 2.45) is 0 Å². The average molecular weight is 290 g/mol. The fourth-order valence-corrected chi connectivity index (χ4v) is 2.93.